The molecule has 2 rings (SSSR count). The van der Waals surface area contributed by atoms with E-state index >= 15 is 0 Å². The van der Waals surface area contributed by atoms with Gasteiger partial charge in [-0.15, -0.1) is 0 Å². The standard InChI is InChI=1S/C10H8F3N3O3S/c11-10(12,13)6-1-2-9(17)8(3-6)16-20(18,19)7-4-14-15-5-7/h1-5,16-17H,(H,14,15). The van der Waals surface area contributed by atoms with Gasteiger partial charge in [0, 0.05) is 6.20 Å². The SMILES string of the molecule is O=S(=O)(Nc1cc(C(F)(F)F)ccc1O)c1cn[nH]c1. The lowest BCUT2D eigenvalue weighted by Gasteiger charge is -2.12. The summed E-state index contributed by atoms with van der Waals surface area (Å²) in [5, 5.41) is 15.1. The van der Waals surface area contributed by atoms with E-state index in [1.54, 1.807) is 0 Å². The van der Waals surface area contributed by atoms with Crippen molar-refractivity contribution in [2.24, 2.45) is 0 Å². The van der Waals surface area contributed by atoms with Gasteiger partial charge in [-0.25, -0.2) is 8.42 Å². The van der Waals surface area contributed by atoms with E-state index in [0.29, 0.717) is 12.1 Å². The second kappa shape index (κ2) is 4.71. The minimum atomic E-state index is -4.65. The molecular weight excluding hydrogens is 299 g/mol. The summed E-state index contributed by atoms with van der Waals surface area (Å²) in [6, 6.07) is 1.91. The molecule has 0 spiro atoms. The first-order chi connectivity index (χ1) is 9.20. The summed E-state index contributed by atoms with van der Waals surface area (Å²) in [6.07, 6.45) is -2.62. The maximum atomic E-state index is 12.5. The number of phenolic OH excluding ortho intramolecular Hbond substituents is 1. The number of sulfonamides is 1. The van der Waals surface area contributed by atoms with Crippen molar-refractivity contribution in [2.75, 3.05) is 4.72 Å². The monoisotopic (exact) mass is 307 g/mol. The number of hydrogen-bond acceptors (Lipinski definition) is 4. The summed E-state index contributed by atoms with van der Waals surface area (Å²) >= 11 is 0. The van der Waals surface area contributed by atoms with Crippen molar-refractivity contribution >= 4 is 15.7 Å². The van der Waals surface area contributed by atoms with Crippen LogP contribution < -0.4 is 4.72 Å². The van der Waals surface area contributed by atoms with Crippen LogP contribution in [0.3, 0.4) is 0 Å². The van der Waals surface area contributed by atoms with E-state index in [1.165, 1.54) is 0 Å². The molecule has 0 fully saturated rings. The molecule has 2 aromatic rings. The van der Waals surface area contributed by atoms with Crippen molar-refractivity contribution in [1.29, 1.82) is 0 Å². The van der Waals surface area contributed by atoms with E-state index in [2.05, 4.69) is 10.2 Å². The number of aromatic nitrogens is 2. The maximum Gasteiger partial charge on any atom is 0.416 e. The molecule has 0 saturated heterocycles. The van der Waals surface area contributed by atoms with E-state index < -0.39 is 33.2 Å². The van der Waals surface area contributed by atoms with Gasteiger partial charge in [0.2, 0.25) is 0 Å². The Morgan fingerprint density at radius 3 is 2.55 bits per heavy atom. The van der Waals surface area contributed by atoms with Crippen LogP contribution in [0.15, 0.2) is 35.5 Å². The van der Waals surface area contributed by atoms with Gasteiger partial charge in [-0.05, 0) is 18.2 Å². The number of aromatic hydroxyl groups is 1. The van der Waals surface area contributed by atoms with Crippen LogP contribution in [-0.2, 0) is 16.2 Å². The van der Waals surface area contributed by atoms with Crippen molar-refractivity contribution in [2.45, 2.75) is 11.1 Å². The smallest absolute Gasteiger partial charge is 0.416 e. The molecule has 0 amide bonds. The van der Waals surface area contributed by atoms with Crippen molar-refractivity contribution in [3.63, 3.8) is 0 Å². The third-order valence-electron chi connectivity index (χ3n) is 2.35. The lowest BCUT2D eigenvalue weighted by molar-refractivity contribution is -0.137. The van der Waals surface area contributed by atoms with Crippen LogP contribution in [0.2, 0.25) is 0 Å². The second-order valence-electron chi connectivity index (χ2n) is 3.77. The number of H-pyrrole nitrogens is 1. The summed E-state index contributed by atoms with van der Waals surface area (Å²) in [4.78, 5) is -0.269. The zero-order valence-electron chi connectivity index (χ0n) is 9.64. The third-order valence-corrected chi connectivity index (χ3v) is 3.68. The molecule has 0 aliphatic heterocycles. The molecule has 1 aromatic heterocycles. The molecule has 0 aliphatic carbocycles. The van der Waals surface area contributed by atoms with E-state index in [4.69, 9.17) is 0 Å². The molecule has 3 N–H and O–H groups in total. The molecule has 1 aromatic carbocycles. The fourth-order valence-electron chi connectivity index (χ4n) is 1.38. The zero-order chi connectivity index (χ0) is 15.0. The number of alkyl halides is 3. The highest BCUT2D eigenvalue weighted by Gasteiger charge is 2.31. The molecule has 10 heteroatoms. The van der Waals surface area contributed by atoms with Gasteiger partial charge < -0.3 is 5.11 Å². The predicted molar refractivity (Wildman–Crippen MR) is 62.5 cm³/mol. The molecule has 0 saturated carbocycles. The molecular formula is C10H8F3N3O3S. The average molecular weight is 307 g/mol. The highest BCUT2D eigenvalue weighted by atomic mass is 32.2. The van der Waals surface area contributed by atoms with Crippen LogP contribution >= 0.6 is 0 Å². The van der Waals surface area contributed by atoms with Crippen LogP contribution in [0.1, 0.15) is 5.56 Å². The Morgan fingerprint density at radius 1 is 1.30 bits per heavy atom. The van der Waals surface area contributed by atoms with Crippen LogP contribution in [0.4, 0.5) is 18.9 Å². The fraction of sp³-hybridized carbons (Fsp3) is 0.100. The molecule has 0 atom stereocenters. The van der Waals surface area contributed by atoms with E-state index in [9.17, 15) is 26.7 Å². The van der Waals surface area contributed by atoms with Crippen LogP contribution in [0, 0.1) is 0 Å². The van der Waals surface area contributed by atoms with Crippen LogP contribution in [-0.4, -0.2) is 23.7 Å². The Balaban J connectivity index is 2.39. The van der Waals surface area contributed by atoms with Crippen LogP contribution in [0.5, 0.6) is 5.75 Å². The highest BCUT2D eigenvalue weighted by Crippen LogP contribution is 2.35. The number of phenols is 1. The van der Waals surface area contributed by atoms with E-state index in [-0.39, 0.29) is 4.90 Å². The average Bonchev–Trinajstić information content (AvgIpc) is 2.84. The number of halogens is 3. The van der Waals surface area contributed by atoms with Gasteiger partial charge in [0.15, 0.2) is 0 Å². The fourth-order valence-corrected chi connectivity index (χ4v) is 2.35. The quantitative estimate of drug-likeness (QED) is 0.755. The Labute approximate surface area is 111 Å². The van der Waals surface area contributed by atoms with E-state index in [0.717, 1.165) is 18.5 Å². The molecule has 0 radical (unpaired) electrons. The Bertz CT molecular complexity index is 711. The first-order valence-corrected chi connectivity index (χ1v) is 6.60. The topological polar surface area (TPSA) is 95.1 Å². The number of aromatic amines is 1. The molecule has 0 unspecified atom stereocenters. The second-order valence-corrected chi connectivity index (χ2v) is 5.45. The summed E-state index contributed by atoms with van der Waals surface area (Å²) in [6.45, 7) is 0. The normalized spacial score (nSPS) is 12.3. The van der Waals surface area contributed by atoms with Crippen molar-refractivity contribution in [1.82, 2.24) is 10.2 Å². The number of rotatable bonds is 3. The molecule has 0 bridgehead atoms. The summed E-state index contributed by atoms with van der Waals surface area (Å²) in [7, 11) is -4.13. The summed E-state index contributed by atoms with van der Waals surface area (Å²) < 4.78 is 63.1. The minimum Gasteiger partial charge on any atom is -0.506 e. The number of hydrogen-bond donors (Lipinski definition) is 3. The molecule has 6 nitrogen and oxygen atoms in total. The third kappa shape index (κ3) is 2.85. The molecule has 0 aliphatic rings. The molecule has 20 heavy (non-hydrogen) atoms. The van der Waals surface area contributed by atoms with E-state index in [1.807, 2.05) is 4.72 Å². The first-order valence-electron chi connectivity index (χ1n) is 5.12. The predicted octanol–water partition coefficient (Wildman–Crippen LogP) is 1.93. The van der Waals surface area contributed by atoms with Gasteiger partial charge in [0.05, 0.1) is 17.4 Å². The Kier molecular flexibility index (Phi) is 3.34. The van der Waals surface area contributed by atoms with Gasteiger partial charge in [-0.1, -0.05) is 0 Å². The maximum absolute atomic E-state index is 12.5. The van der Waals surface area contributed by atoms with Crippen molar-refractivity contribution < 1.29 is 26.7 Å². The lowest BCUT2D eigenvalue weighted by Crippen LogP contribution is -2.13. The van der Waals surface area contributed by atoms with Gasteiger partial charge in [-0.3, -0.25) is 9.82 Å². The lowest BCUT2D eigenvalue weighted by atomic mass is 10.2. The van der Waals surface area contributed by atoms with Gasteiger partial charge in [0.1, 0.15) is 10.6 Å². The van der Waals surface area contributed by atoms with Gasteiger partial charge >= 0.3 is 6.18 Å². The van der Waals surface area contributed by atoms with Crippen molar-refractivity contribution in [3.8, 4) is 5.75 Å². The summed E-state index contributed by atoms with van der Waals surface area (Å²) in [5.41, 5.74) is -1.65. The number of benzene rings is 1. The van der Waals surface area contributed by atoms with Gasteiger partial charge in [0.25, 0.3) is 10.0 Å². The highest BCUT2D eigenvalue weighted by molar-refractivity contribution is 7.92. The largest absolute Gasteiger partial charge is 0.506 e. The van der Waals surface area contributed by atoms with Crippen LogP contribution in [0.25, 0.3) is 0 Å². The number of nitrogens with one attached hydrogen (secondary N) is 2. The Morgan fingerprint density at radius 2 is 2.00 bits per heavy atom. The Hall–Kier alpha value is -2.23. The number of nitrogens with zero attached hydrogens (tertiary/aromatic N) is 1. The summed E-state index contributed by atoms with van der Waals surface area (Å²) in [5.74, 6) is -0.620. The molecule has 108 valence electrons. The zero-order valence-corrected chi connectivity index (χ0v) is 10.5. The molecule has 1 heterocycles. The first kappa shape index (κ1) is 14.2. The van der Waals surface area contributed by atoms with Crippen molar-refractivity contribution in [3.05, 3.63) is 36.2 Å². The van der Waals surface area contributed by atoms with Gasteiger partial charge in [-0.2, -0.15) is 18.3 Å². The minimum absolute atomic E-state index is 0.269. The number of anilines is 1.